The van der Waals surface area contributed by atoms with Crippen LogP contribution in [0.2, 0.25) is 0 Å². The zero-order valence-electron chi connectivity index (χ0n) is 14.1. The number of rotatable bonds is 5. The van der Waals surface area contributed by atoms with Gasteiger partial charge in [-0.15, -0.1) is 0 Å². The third-order valence-electron chi connectivity index (χ3n) is 4.15. The molecular weight excluding hydrogens is 318 g/mol. The van der Waals surface area contributed by atoms with Crippen molar-refractivity contribution in [2.24, 2.45) is 5.92 Å². The van der Waals surface area contributed by atoms with Crippen LogP contribution < -0.4 is 0 Å². The highest BCUT2D eigenvalue weighted by Gasteiger charge is 2.44. The van der Waals surface area contributed by atoms with Crippen LogP contribution in [0.4, 0.5) is 0 Å². The topological polar surface area (TPSA) is 83.4 Å². The number of pyridine rings is 2. The van der Waals surface area contributed by atoms with E-state index in [-0.39, 0.29) is 23.8 Å². The number of nitrogens with zero attached hydrogens (tertiary/aromatic N) is 3. The van der Waals surface area contributed by atoms with E-state index in [0.29, 0.717) is 11.3 Å². The molecule has 0 saturated heterocycles. The van der Waals surface area contributed by atoms with Gasteiger partial charge in [0.05, 0.1) is 23.9 Å². The average molecular weight is 337 g/mol. The monoisotopic (exact) mass is 337 g/mol. The summed E-state index contributed by atoms with van der Waals surface area (Å²) >= 11 is 0. The second kappa shape index (κ2) is 6.84. The average Bonchev–Trinajstić information content (AvgIpc) is 2.87. The number of hydrogen-bond donors (Lipinski definition) is 1. The quantitative estimate of drug-likeness (QED) is 0.907. The Kier molecular flexibility index (Phi) is 4.61. The molecule has 1 atom stereocenters. The summed E-state index contributed by atoms with van der Waals surface area (Å²) in [6, 6.07) is 8.28. The van der Waals surface area contributed by atoms with Gasteiger partial charge in [0.2, 0.25) is 0 Å². The summed E-state index contributed by atoms with van der Waals surface area (Å²) in [5.74, 6) is -1.63. The molecule has 0 aromatic carbocycles. The zero-order chi connectivity index (χ0) is 18.0. The number of ketones is 1. The van der Waals surface area contributed by atoms with E-state index >= 15 is 0 Å². The number of aliphatic hydroxyl groups is 1. The van der Waals surface area contributed by atoms with Crippen LogP contribution in [0.1, 0.15) is 31.1 Å². The predicted octanol–water partition coefficient (Wildman–Crippen LogP) is 2.60. The third kappa shape index (κ3) is 3.15. The van der Waals surface area contributed by atoms with Gasteiger partial charge in [0, 0.05) is 24.5 Å². The molecule has 0 bridgehead atoms. The second-order valence-corrected chi connectivity index (χ2v) is 6.22. The molecule has 25 heavy (non-hydrogen) atoms. The summed E-state index contributed by atoms with van der Waals surface area (Å²) in [4.78, 5) is 35.1. The molecule has 1 aliphatic heterocycles. The smallest absolute Gasteiger partial charge is 0.290 e. The van der Waals surface area contributed by atoms with Crippen LogP contribution >= 0.6 is 0 Å². The highest BCUT2D eigenvalue weighted by Crippen LogP contribution is 2.39. The fourth-order valence-electron chi connectivity index (χ4n) is 2.93. The van der Waals surface area contributed by atoms with E-state index in [9.17, 15) is 14.7 Å². The molecule has 3 heterocycles. The lowest BCUT2D eigenvalue weighted by atomic mass is 9.92. The Morgan fingerprint density at radius 3 is 2.64 bits per heavy atom. The molecule has 6 nitrogen and oxygen atoms in total. The maximum absolute atomic E-state index is 12.7. The van der Waals surface area contributed by atoms with E-state index in [1.807, 2.05) is 6.07 Å². The fourth-order valence-corrected chi connectivity index (χ4v) is 2.93. The van der Waals surface area contributed by atoms with Crippen molar-refractivity contribution in [3.8, 4) is 0 Å². The van der Waals surface area contributed by atoms with Crippen molar-refractivity contribution in [1.82, 2.24) is 14.9 Å². The maximum Gasteiger partial charge on any atom is 0.290 e. The Bertz CT molecular complexity index is 816. The van der Waals surface area contributed by atoms with Gasteiger partial charge in [-0.1, -0.05) is 26.0 Å². The van der Waals surface area contributed by atoms with Crippen molar-refractivity contribution >= 4 is 11.7 Å². The van der Waals surface area contributed by atoms with Crippen molar-refractivity contribution < 1.29 is 14.7 Å². The maximum atomic E-state index is 12.7. The minimum atomic E-state index is -0.668. The first-order valence-corrected chi connectivity index (χ1v) is 8.09. The molecule has 128 valence electrons. The molecule has 3 rings (SSSR count). The molecule has 1 N–H and O–H groups in total. The van der Waals surface area contributed by atoms with Crippen LogP contribution in [-0.2, 0) is 16.1 Å². The molecule has 2 aromatic heterocycles. The number of carbonyl (C=O) groups excluding carboxylic acids is 2. The van der Waals surface area contributed by atoms with Crippen LogP contribution in [0.5, 0.6) is 0 Å². The fraction of sp³-hybridized carbons (Fsp3) is 0.263. The van der Waals surface area contributed by atoms with Gasteiger partial charge in [0.1, 0.15) is 0 Å². The van der Waals surface area contributed by atoms with Gasteiger partial charge in [0.15, 0.2) is 11.5 Å². The Morgan fingerprint density at radius 2 is 2.04 bits per heavy atom. The van der Waals surface area contributed by atoms with Crippen LogP contribution in [0.25, 0.3) is 0 Å². The van der Waals surface area contributed by atoms with E-state index in [0.717, 1.165) is 0 Å². The summed E-state index contributed by atoms with van der Waals surface area (Å²) in [6.07, 6.45) is 4.87. The number of aromatic nitrogens is 2. The van der Waals surface area contributed by atoms with E-state index in [2.05, 4.69) is 9.97 Å². The van der Waals surface area contributed by atoms with Gasteiger partial charge in [-0.2, -0.15) is 0 Å². The lowest BCUT2D eigenvalue weighted by Gasteiger charge is -2.26. The van der Waals surface area contributed by atoms with Crippen LogP contribution in [0, 0.1) is 5.92 Å². The van der Waals surface area contributed by atoms with Gasteiger partial charge in [0.25, 0.3) is 5.91 Å². The highest BCUT2D eigenvalue weighted by atomic mass is 16.3. The van der Waals surface area contributed by atoms with E-state index in [1.54, 1.807) is 56.7 Å². The number of hydrogen-bond acceptors (Lipinski definition) is 5. The summed E-state index contributed by atoms with van der Waals surface area (Å²) in [5.41, 5.74) is 1.49. The molecule has 0 radical (unpaired) electrons. The SMILES string of the molecule is CC(C)C(=O)C1=C(O)C(=O)N(Cc2ccccn2)C1c1cccnc1. The van der Waals surface area contributed by atoms with Crippen molar-refractivity contribution in [2.45, 2.75) is 26.4 Å². The number of carbonyl (C=O) groups is 2. The Hall–Kier alpha value is -3.02. The number of amides is 1. The first-order valence-electron chi connectivity index (χ1n) is 8.09. The number of Topliss-reactive ketones (excluding diaryl/α,β-unsaturated/α-hetero) is 1. The molecule has 0 fully saturated rings. The normalized spacial score (nSPS) is 17.5. The molecule has 1 amide bonds. The molecule has 1 unspecified atom stereocenters. The third-order valence-corrected chi connectivity index (χ3v) is 4.15. The molecule has 0 saturated carbocycles. The van der Waals surface area contributed by atoms with Crippen molar-refractivity contribution in [1.29, 1.82) is 0 Å². The Morgan fingerprint density at radius 1 is 1.24 bits per heavy atom. The minimum absolute atomic E-state index is 0.129. The standard InChI is InChI=1S/C19H19N3O3/c1-12(2)17(23)15-16(13-6-5-8-20-10-13)22(19(25)18(15)24)11-14-7-3-4-9-21-14/h3-10,12,16,24H,11H2,1-2H3. The molecule has 1 aliphatic rings. The van der Waals surface area contributed by atoms with Crippen molar-refractivity contribution in [2.75, 3.05) is 0 Å². The minimum Gasteiger partial charge on any atom is -0.503 e. The van der Waals surface area contributed by atoms with E-state index < -0.39 is 17.7 Å². The van der Waals surface area contributed by atoms with Crippen molar-refractivity contribution in [3.05, 3.63) is 71.5 Å². The van der Waals surface area contributed by atoms with Gasteiger partial charge >= 0.3 is 0 Å². The Labute approximate surface area is 145 Å². The summed E-state index contributed by atoms with van der Waals surface area (Å²) in [5, 5.41) is 10.4. The zero-order valence-corrected chi connectivity index (χ0v) is 14.1. The van der Waals surface area contributed by atoms with Gasteiger partial charge in [-0.05, 0) is 23.8 Å². The predicted molar refractivity (Wildman–Crippen MR) is 91.3 cm³/mol. The lowest BCUT2D eigenvalue weighted by molar-refractivity contribution is -0.130. The van der Waals surface area contributed by atoms with Crippen LogP contribution in [0.15, 0.2) is 60.3 Å². The van der Waals surface area contributed by atoms with E-state index in [1.165, 1.54) is 4.90 Å². The first kappa shape index (κ1) is 16.8. The lowest BCUT2D eigenvalue weighted by Crippen LogP contribution is -2.31. The second-order valence-electron chi connectivity index (χ2n) is 6.22. The highest BCUT2D eigenvalue weighted by molar-refractivity contribution is 6.09. The van der Waals surface area contributed by atoms with Gasteiger partial charge < -0.3 is 10.0 Å². The van der Waals surface area contributed by atoms with E-state index in [4.69, 9.17) is 0 Å². The summed E-state index contributed by atoms with van der Waals surface area (Å²) in [6.45, 7) is 3.68. The molecular formula is C19H19N3O3. The molecule has 0 aliphatic carbocycles. The summed E-state index contributed by atoms with van der Waals surface area (Å²) < 4.78 is 0. The Balaban J connectivity index is 2.06. The van der Waals surface area contributed by atoms with Crippen LogP contribution in [0.3, 0.4) is 0 Å². The van der Waals surface area contributed by atoms with Crippen molar-refractivity contribution in [3.63, 3.8) is 0 Å². The molecule has 0 spiro atoms. The number of aliphatic hydroxyl groups excluding tert-OH is 1. The largest absolute Gasteiger partial charge is 0.503 e. The van der Waals surface area contributed by atoms with Gasteiger partial charge in [-0.25, -0.2) is 0 Å². The van der Waals surface area contributed by atoms with Crippen LogP contribution in [-0.4, -0.2) is 31.7 Å². The first-order chi connectivity index (χ1) is 12.0. The summed E-state index contributed by atoms with van der Waals surface area (Å²) in [7, 11) is 0. The molecule has 2 aromatic rings. The van der Waals surface area contributed by atoms with Gasteiger partial charge in [-0.3, -0.25) is 19.6 Å². The molecule has 6 heteroatoms.